The third kappa shape index (κ3) is 0.958. The van der Waals surface area contributed by atoms with E-state index >= 15 is 0 Å². The maximum absolute atomic E-state index is 11.7. The van der Waals surface area contributed by atoms with Crippen LogP contribution in [0.25, 0.3) is 0 Å². The van der Waals surface area contributed by atoms with E-state index in [9.17, 15) is 4.79 Å². The van der Waals surface area contributed by atoms with Crippen molar-refractivity contribution in [1.29, 1.82) is 0 Å². The van der Waals surface area contributed by atoms with E-state index in [1.165, 1.54) is 0 Å². The van der Waals surface area contributed by atoms with E-state index in [2.05, 4.69) is 5.16 Å². The third-order valence-corrected chi connectivity index (χ3v) is 3.01. The lowest BCUT2D eigenvalue weighted by Gasteiger charge is -2.10. The van der Waals surface area contributed by atoms with Gasteiger partial charge in [-0.25, -0.2) is 0 Å². The molecule has 0 aromatic carbocycles. The zero-order valence-electron chi connectivity index (χ0n) is 7.21. The molecule has 0 atom stereocenters. The fourth-order valence-electron chi connectivity index (χ4n) is 1.74. The zero-order chi connectivity index (χ0) is 8.77. The molecule has 0 aliphatic heterocycles. The van der Waals surface area contributed by atoms with Crippen LogP contribution in [0.3, 0.4) is 0 Å². The normalized spacial score (nSPS) is 26.9. The van der Waals surface area contributed by atoms with E-state index in [4.69, 9.17) is 5.21 Å². The summed E-state index contributed by atoms with van der Waals surface area (Å²) in [5, 5.41) is 11.7. The van der Waals surface area contributed by atoms with Gasteiger partial charge in [-0.3, -0.25) is 4.79 Å². The van der Waals surface area contributed by atoms with Gasteiger partial charge >= 0.3 is 0 Å². The van der Waals surface area contributed by atoms with Crippen molar-refractivity contribution >= 4 is 11.5 Å². The Balaban J connectivity index is 2.15. The van der Waals surface area contributed by atoms with Gasteiger partial charge in [0.15, 0.2) is 0 Å². The Morgan fingerprint density at radius 1 is 1.50 bits per heavy atom. The summed E-state index contributed by atoms with van der Waals surface area (Å²) in [6.45, 7) is 1.74. The summed E-state index contributed by atoms with van der Waals surface area (Å²) in [5.41, 5.74) is 0.273. The summed E-state index contributed by atoms with van der Waals surface area (Å²) in [7, 11) is 0. The molecule has 0 spiro atoms. The van der Waals surface area contributed by atoms with E-state index in [-0.39, 0.29) is 11.3 Å². The maximum atomic E-state index is 11.7. The van der Waals surface area contributed by atoms with E-state index < -0.39 is 0 Å². The largest absolute Gasteiger partial charge is 0.411 e. The molecule has 0 radical (unpaired) electrons. The Kier molecular flexibility index (Phi) is 1.50. The van der Waals surface area contributed by atoms with E-state index in [0.29, 0.717) is 11.5 Å². The standard InChI is InChI=1S/C9H13NO2/c1-6(10-12)9(4-5-9)8(11)7-2-3-7/h7,12H,2-5H2,1H3/b10-6+. The van der Waals surface area contributed by atoms with Crippen LogP contribution in [0.5, 0.6) is 0 Å². The third-order valence-electron chi connectivity index (χ3n) is 3.01. The Morgan fingerprint density at radius 3 is 2.42 bits per heavy atom. The molecule has 12 heavy (non-hydrogen) atoms. The smallest absolute Gasteiger partial charge is 0.147 e. The van der Waals surface area contributed by atoms with E-state index in [1.54, 1.807) is 6.92 Å². The number of hydrogen-bond donors (Lipinski definition) is 1. The van der Waals surface area contributed by atoms with Crippen molar-refractivity contribution < 1.29 is 10.0 Å². The van der Waals surface area contributed by atoms with Gasteiger partial charge in [0.25, 0.3) is 0 Å². The monoisotopic (exact) mass is 167 g/mol. The lowest BCUT2D eigenvalue weighted by atomic mass is 9.93. The number of ketones is 1. The number of hydrogen-bond acceptors (Lipinski definition) is 3. The van der Waals surface area contributed by atoms with Crippen molar-refractivity contribution in [2.45, 2.75) is 32.6 Å². The van der Waals surface area contributed by atoms with Gasteiger partial charge in [-0.15, -0.1) is 0 Å². The first-order chi connectivity index (χ1) is 5.70. The molecule has 0 heterocycles. The first-order valence-electron chi connectivity index (χ1n) is 4.44. The second-order valence-corrected chi connectivity index (χ2v) is 3.91. The highest BCUT2D eigenvalue weighted by atomic mass is 16.4. The van der Waals surface area contributed by atoms with Crippen LogP contribution in [0.15, 0.2) is 5.16 Å². The summed E-state index contributed by atoms with van der Waals surface area (Å²) in [6, 6.07) is 0. The Bertz CT molecular complexity index is 249. The molecule has 66 valence electrons. The van der Waals surface area contributed by atoms with Gasteiger partial charge in [0.05, 0.1) is 11.1 Å². The van der Waals surface area contributed by atoms with Crippen LogP contribution in [0, 0.1) is 11.3 Å². The number of oxime groups is 1. The number of Topliss-reactive ketones (excluding diaryl/α,β-unsaturated/α-hetero) is 1. The molecule has 0 bridgehead atoms. The van der Waals surface area contributed by atoms with Crippen molar-refractivity contribution in [2.24, 2.45) is 16.5 Å². The molecular weight excluding hydrogens is 154 g/mol. The lowest BCUT2D eigenvalue weighted by molar-refractivity contribution is -0.123. The predicted octanol–water partition coefficient (Wildman–Crippen LogP) is 1.60. The SMILES string of the molecule is C/C(=N\O)C1(C(=O)C2CC2)CC1. The molecular formula is C9H13NO2. The minimum absolute atomic E-state index is 0.282. The predicted molar refractivity (Wildman–Crippen MR) is 44.3 cm³/mol. The molecule has 0 saturated heterocycles. The van der Waals surface area contributed by atoms with Crippen molar-refractivity contribution in [3.63, 3.8) is 0 Å². The van der Waals surface area contributed by atoms with Crippen LogP contribution >= 0.6 is 0 Å². The molecule has 3 nitrogen and oxygen atoms in total. The molecule has 0 aromatic heterocycles. The lowest BCUT2D eigenvalue weighted by Crippen LogP contribution is -2.25. The summed E-state index contributed by atoms with van der Waals surface area (Å²) in [4.78, 5) is 11.7. The Labute approximate surface area is 71.5 Å². The number of nitrogens with zero attached hydrogens (tertiary/aromatic N) is 1. The molecule has 0 amide bonds. The average Bonchev–Trinajstić information content (AvgIpc) is 2.92. The number of carbonyl (C=O) groups is 1. The van der Waals surface area contributed by atoms with Crippen LogP contribution in [-0.4, -0.2) is 16.7 Å². The van der Waals surface area contributed by atoms with Gasteiger partial charge in [-0.05, 0) is 32.6 Å². The molecule has 3 heteroatoms. The minimum atomic E-state index is -0.337. The highest BCUT2D eigenvalue weighted by molar-refractivity contribution is 6.12. The fraction of sp³-hybridized carbons (Fsp3) is 0.778. The van der Waals surface area contributed by atoms with Gasteiger partial charge in [-0.1, -0.05) is 5.16 Å². The summed E-state index contributed by atoms with van der Waals surface area (Å²) >= 11 is 0. The van der Waals surface area contributed by atoms with Crippen molar-refractivity contribution in [3.8, 4) is 0 Å². The molecule has 1 N–H and O–H groups in total. The topological polar surface area (TPSA) is 49.7 Å². The van der Waals surface area contributed by atoms with Crippen LogP contribution in [0.4, 0.5) is 0 Å². The van der Waals surface area contributed by atoms with Gasteiger partial charge in [0.1, 0.15) is 5.78 Å². The quantitative estimate of drug-likeness (QED) is 0.394. The molecule has 2 rings (SSSR count). The van der Waals surface area contributed by atoms with Crippen molar-refractivity contribution in [1.82, 2.24) is 0 Å². The molecule has 2 aliphatic carbocycles. The van der Waals surface area contributed by atoms with Gasteiger partial charge in [-0.2, -0.15) is 0 Å². The first-order valence-corrected chi connectivity index (χ1v) is 4.44. The second-order valence-electron chi connectivity index (χ2n) is 3.91. The fourth-order valence-corrected chi connectivity index (χ4v) is 1.74. The van der Waals surface area contributed by atoms with Crippen LogP contribution in [0.2, 0.25) is 0 Å². The molecule has 0 unspecified atom stereocenters. The summed E-state index contributed by atoms with van der Waals surface area (Å²) in [5.74, 6) is 0.599. The van der Waals surface area contributed by atoms with Crippen molar-refractivity contribution in [3.05, 3.63) is 0 Å². The van der Waals surface area contributed by atoms with Crippen LogP contribution < -0.4 is 0 Å². The second kappa shape index (κ2) is 2.31. The molecule has 2 saturated carbocycles. The average molecular weight is 167 g/mol. The number of carbonyl (C=O) groups excluding carboxylic acids is 1. The summed E-state index contributed by atoms with van der Waals surface area (Å²) in [6.07, 6.45) is 3.86. The van der Waals surface area contributed by atoms with Crippen molar-refractivity contribution in [2.75, 3.05) is 0 Å². The highest BCUT2D eigenvalue weighted by Gasteiger charge is 2.56. The molecule has 2 fully saturated rings. The van der Waals surface area contributed by atoms with Crippen LogP contribution in [-0.2, 0) is 4.79 Å². The first kappa shape index (κ1) is 7.77. The van der Waals surface area contributed by atoms with E-state index in [0.717, 1.165) is 25.7 Å². The zero-order valence-corrected chi connectivity index (χ0v) is 7.21. The van der Waals surface area contributed by atoms with Crippen LogP contribution in [0.1, 0.15) is 32.6 Å². The molecule has 0 aromatic rings. The van der Waals surface area contributed by atoms with Gasteiger partial charge < -0.3 is 5.21 Å². The summed E-state index contributed by atoms with van der Waals surface area (Å²) < 4.78 is 0. The molecule has 2 aliphatic rings. The highest BCUT2D eigenvalue weighted by Crippen LogP contribution is 2.53. The Morgan fingerprint density at radius 2 is 2.08 bits per heavy atom. The van der Waals surface area contributed by atoms with E-state index in [1.807, 2.05) is 0 Å². The maximum Gasteiger partial charge on any atom is 0.147 e. The van der Waals surface area contributed by atoms with Gasteiger partial charge in [0, 0.05) is 5.92 Å². The Hall–Kier alpha value is -0.860. The minimum Gasteiger partial charge on any atom is -0.411 e. The van der Waals surface area contributed by atoms with Gasteiger partial charge in [0.2, 0.25) is 0 Å². The number of rotatable bonds is 3.